The van der Waals surface area contributed by atoms with Gasteiger partial charge in [-0.2, -0.15) is 0 Å². The van der Waals surface area contributed by atoms with Crippen molar-refractivity contribution in [3.8, 4) is 11.1 Å². The predicted octanol–water partition coefficient (Wildman–Crippen LogP) is 0.448. The van der Waals surface area contributed by atoms with E-state index in [0.717, 1.165) is 59.3 Å². The Labute approximate surface area is 227 Å². The van der Waals surface area contributed by atoms with Gasteiger partial charge < -0.3 is 24.9 Å². The van der Waals surface area contributed by atoms with Crippen LogP contribution >= 0.6 is 0 Å². The van der Waals surface area contributed by atoms with Crippen molar-refractivity contribution in [2.24, 2.45) is 0 Å². The average Bonchev–Trinajstić information content (AvgIpc) is 3.57. The number of aliphatic carboxylic acids is 1. The molecular formula is C27H31FNNaO5. The number of aromatic nitrogens is 1. The second kappa shape index (κ2) is 12.6. The fourth-order valence-electron chi connectivity index (χ4n) is 4.61. The first kappa shape index (κ1) is 28.0. The summed E-state index contributed by atoms with van der Waals surface area (Å²) in [6.45, 7) is 0.365. The number of ether oxygens (including phenoxy) is 1. The average molecular weight is 492 g/mol. The summed E-state index contributed by atoms with van der Waals surface area (Å²) in [5, 5.41) is 31.0. The van der Waals surface area contributed by atoms with Crippen LogP contribution in [0.4, 0.5) is 4.39 Å². The maximum absolute atomic E-state index is 13.8. The molecule has 0 saturated heterocycles. The zero-order valence-corrected chi connectivity index (χ0v) is 22.4. The molecule has 182 valence electrons. The molecule has 2 fully saturated rings. The molecule has 1 aromatic heterocycles. The number of nitrogens with zero attached hydrogens (tertiary/aromatic N) is 1. The monoisotopic (exact) mass is 491 g/mol. The minimum absolute atomic E-state index is 0. The number of hydrogen-bond donors (Lipinski definition) is 2. The minimum atomic E-state index is -1.36. The van der Waals surface area contributed by atoms with Crippen LogP contribution in [0, 0.1) is 5.82 Å². The first-order chi connectivity index (χ1) is 16.4. The Morgan fingerprint density at radius 3 is 2.37 bits per heavy atom. The van der Waals surface area contributed by atoms with E-state index in [2.05, 4.69) is 0 Å². The molecule has 2 saturated carbocycles. The summed E-state index contributed by atoms with van der Waals surface area (Å²) in [5.74, 6) is -0.972. The third-order valence-electron chi connectivity index (χ3n) is 6.68. The van der Waals surface area contributed by atoms with Crippen molar-refractivity contribution in [3.05, 3.63) is 58.7 Å². The summed E-state index contributed by atoms with van der Waals surface area (Å²) in [6, 6.07) is 6.38. The fourth-order valence-corrected chi connectivity index (χ4v) is 4.61. The van der Waals surface area contributed by atoms with E-state index in [-0.39, 0.29) is 41.8 Å². The first-order valence-electron chi connectivity index (χ1n) is 11.9. The summed E-state index contributed by atoms with van der Waals surface area (Å²) in [6.07, 6.45) is 5.89. The molecule has 0 unspecified atom stereocenters. The van der Waals surface area contributed by atoms with E-state index in [0.29, 0.717) is 18.4 Å². The number of benzene rings is 1. The molecule has 2 aliphatic rings. The van der Waals surface area contributed by atoms with Crippen LogP contribution in [-0.2, 0) is 16.1 Å². The number of carbonyl (C=O) groups is 1. The van der Waals surface area contributed by atoms with Gasteiger partial charge in [0.25, 0.3) is 0 Å². The van der Waals surface area contributed by atoms with Crippen LogP contribution in [0.25, 0.3) is 17.2 Å². The van der Waals surface area contributed by atoms with Crippen LogP contribution in [0.5, 0.6) is 0 Å². The third-order valence-corrected chi connectivity index (χ3v) is 6.68. The molecule has 0 aliphatic heterocycles. The van der Waals surface area contributed by atoms with Gasteiger partial charge in [0.2, 0.25) is 0 Å². The van der Waals surface area contributed by atoms with Crippen LogP contribution in [-0.4, -0.2) is 40.5 Å². The quantitative estimate of drug-likeness (QED) is 0.443. The number of pyridine rings is 1. The van der Waals surface area contributed by atoms with Gasteiger partial charge >= 0.3 is 29.6 Å². The topological polar surface area (TPSA) is 103 Å². The number of carboxylic acid groups (broad SMARTS) is 1. The minimum Gasteiger partial charge on any atom is -0.550 e. The van der Waals surface area contributed by atoms with Crippen molar-refractivity contribution >= 4 is 12.0 Å². The van der Waals surface area contributed by atoms with E-state index in [9.17, 15) is 24.5 Å². The number of methoxy groups -OCH3 is 1. The number of carboxylic acids is 1. The third kappa shape index (κ3) is 7.00. The molecular weight excluding hydrogens is 460 g/mol. The number of carbonyl (C=O) groups excluding carboxylic acids is 1. The molecule has 1 heterocycles. The molecule has 0 amide bonds. The van der Waals surface area contributed by atoms with Crippen LogP contribution in [0.2, 0.25) is 0 Å². The van der Waals surface area contributed by atoms with E-state index in [1.807, 2.05) is 0 Å². The SMILES string of the molecule is COCc1c(C2CCC2)nc(C2CC2)c(/C=C/[C@@H](O)C[C@@H](O)CC(=O)[O-])c1-c1ccc(F)cc1.[Na+]. The number of rotatable bonds is 11. The molecule has 35 heavy (non-hydrogen) atoms. The maximum atomic E-state index is 13.8. The van der Waals surface area contributed by atoms with Crippen LogP contribution in [0.3, 0.4) is 0 Å². The standard InChI is InChI=1S/C27H32FNO5.Na/c1-34-15-23-25(16-7-9-19(28)10-8-16)22(12-11-20(30)13-21(31)14-24(32)33)26(18-5-6-18)29-27(23)17-3-2-4-17;/h7-12,17-18,20-21,30-31H,2-6,13-15H2,1H3,(H,32,33);/q;+1/p-1/b12-11+;/t20-,21-;/m1./s1. The Balaban J connectivity index is 0.00000342. The summed E-state index contributed by atoms with van der Waals surface area (Å²) in [4.78, 5) is 15.9. The van der Waals surface area contributed by atoms with Gasteiger partial charge in [-0.25, -0.2) is 4.39 Å². The van der Waals surface area contributed by atoms with Gasteiger partial charge in [0.1, 0.15) is 5.82 Å². The van der Waals surface area contributed by atoms with Crippen molar-refractivity contribution in [2.45, 2.75) is 75.6 Å². The number of aliphatic hydroxyl groups is 2. The van der Waals surface area contributed by atoms with E-state index in [4.69, 9.17) is 9.72 Å². The van der Waals surface area contributed by atoms with Gasteiger partial charge in [0.05, 0.1) is 24.5 Å². The maximum Gasteiger partial charge on any atom is 1.00 e. The van der Waals surface area contributed by atoms with Crippen LogP contribution < -0.4 is 34.7 Å². The summed E-state index contributed by atoms with van der Waals surface area (Å²) in [7, 11) is 1.64. The second-order valence-electron chi connectivity index (χ2n) is 9.38. The molecule has 0 radical (unpaired) electrons. The number of halogens is 1. The van der Waals surface area contributed by atoms with E-state index in [1.54, 1.807) is 31.4 Å². The summed E-state index contributed by atoms with van der Waals surface area (Å²) < 4.78 is 19.3. The largest absolute Gasteiger partial charge is 1.00 e. The molecule has 4 rings (SSSR count). The van der Waals surface area contributed by atoms with Crippen molar-refractivity contribution < 1.29 is 58.8 Å². The Bertz CT molecular complexity index is 1050. The zero-order valence-electron chi connectivity index (χ0n) is 20.4. The van der Waals surface area contributed by atoms with Crippen molar-refractivity contribution in [1.82, 2.24) is 4.98 Å². The van der Waals surface area contributed by atoms with Gasteiger partial charge in [-0.3, -0.25) is 4.98 Å². The fraction of sp³-hybridized carbons (Fsp3) is 0.481. The van der Waals surface area contributed by atoms with Crippen molar-refractivity contribution in [1.29, 1.82) is 0 Å². The Morgan fingerprint density at radius 2 is 1.83 bits per heavy atom. The molecule has 6 nitrogen and oxygen atoms in total. The smallest absolute Gasteiger partial charge is 0.550 e. The van der Waals surface area contributed by atoms with Crippen molar-refractivity contribution in [3.63, 3.8) is 0 Å². The Kier molecular flexibility index (Phi) is 10.0. The molecule has 2 aromatic rings. The molecule has 8 heteroatoms. The molecule has 1 aromatic carbocycles. The zero-order chi connectivity index (χ0) is 24.2. The summed E-state index contributed by atoms with van der Waals surface area (Å²) >= 11 is 0. The van der Waals surface area contributed by atoms with Gasteiger partial charge in [-0.05, 0) is 48.9 Å². The normalized spacial score (nSPS) is 17.6. The molecule has 2 atom stereocenters. The van der Waals surface area contributed by atoms with Gasteiger partial charge in [-0.1, -0.05) is 30.7 Å². The van der Waals surface area contributed by atoms with Gasteiger partial charge in [-0.15, -0.1) is 0 Å². The first-order valence-corrected chi connectivity index (χ1v) is 11.9. The second-order valence-corrected chi connectivity index (χ2v) is 9.38. The summed E-state index contributed by atoms with van der Waals surface area (Å²) in [5.41, 5.74) is 5.65. The molecule has 2 N–H and O–H groups in total. The Morgan fingerprint density at radius 1 is 1.17 bits per heavy atom. The molecule has 0 spiro atoms. The van der Waals surface area contributed by atoms with Gasteiger partial charge in [0.15, 0.2) is 0 Å². The van der Waals surface area contributed by atoms with Gasteiger partial charge in [0, 0.05) is 54.6 Å². The van der Waals surface area contributed by atoms with E-state index >= 15 is 0 Å². The molecule has 2 aliphatic carbocycles. The predicted molar refractivity (Wildman–Crippen MR) is 124 cm³/mol. The van der Waals surface area contributed by atoms with E-state index in [1.165, 1.54) is 18.6 Å². The number of aliphatic hydroxyl groups excluding tert-OH is 2. The van der Waals surface area contributed by atoms with Crippen LogP contribution in [0.15, 0.2) is 30.3 Å². The van der Waals surface area contributed by atoms with E-state index < -0.39 is 24.6 Å². The van der Waals surface area contributed by atoms with Crippen LogP contribution in [0.1, 0.15) is 79.3 Å². The van der Waals surface area contributed by atoms with Crippen molar-refractivity contribution in [2.75, 3.05) is 7.11 Å². The molecule has 0 bridgehead atoms. The Hall–Kier alpha value is -1.61. The number of hydrogen-bond acceptors (Lipinski definition) is 6.